The Morgan fingerprint density at radius 1 is 1.08 bits per heavy atom. The molecule has 126 valence electrons. The van der Waals surface area contributed by atoms with E-state index in [9.17, 15) is 18.0 Å². The standard InChI is InChI=1S/C17H16F3N3O/c18-13-2-1-3-16-12(13)6-8-23(16)9-7-21-17(24)22-11-4-5-14(19)15(20)10-11/h1-5,10H,6-9H2,(H2,21,22,24). The minimum absolute atomic E-state index is 0.167. The number of carbonyl (C=O) groups is 1. The molecule has 0 spiro atoms. The molecule has 1 aliphatic heterocycles. The number of benzene rings is 2. The van der Waals surface area contributed by atoms with Crippen molar-refractivity contribution in [2.45, 2.75) is 6.42 Å². The van der Waals surface area contributed by atoms with Crippen LogP contribution in [0.1, 0.15) is 5.56 Å². The highest BCUT2D eigenvalue weighted by Gasteiger charge is 2.21. The van der Waals surface area contributed by atoms with Crippen LogP contribution >= 0.6 is 0 Å². The van der Waals surface area contributed by atoms with Crippen molar-refractivity contribution in [1.29, 1.82) is 0 Å². The summed E-state index contributed by atoms with van der Waals surface area (Å²) in [4.78, 5) is 13.8. The van der Waals surface area contributed by atoms with Gasteiger partial charge in [0.15, 0.2) is 11.6 Å². The molecule has 7 heteroatoms. The third-order valence-corrected chi connectivity index (χ3v) is 3.91. The zero-order valence-corrected chi connectivity index (χ0v) is 12.8. The van der Waals surface area contributed by atoms with Crippen LogP contribution in [-0.2, 0) is 6.42 Å². The molecule has 0 fully saturated rings. The Morgan fingerprint density at radius 3 is 2.71 bits per heavy atom. The van der Waals surface area contributed by atoms with Crippen molar-refractivity contribution in [3.05, 3.63) is 59.4 Å². The largest absolute Gasteiger partial charge is 0.369 e. The number of fused-ring (bicyclic) bond motifs is 1. The number of hydrogen-bond donors (Lipinski definition) is 2. The first-order valence-corrected chi connectivity index (χ1v) is 7.57. The lowest BCUT2D eigenvalue weighted by Crippen LogP contribution is -2.36. The third kappa shape index (κ3) is 3.45. The van der Waals surface area contributed by atoms with Gasteiger partial charge < -0.3 is 15.5 Å². The van der Waals surface area contributed by atoms with Gasteiger partial charge in [0.1, 0.15) is 5.82 Å². The number of rotatable bonds is 4. The quantitative estimate of drug-likeness (QED) is 0.901. The normalized spacial score (nSPS) is 12.9. The summed E-state index contributed by atoms with van der Waals surface area (Å²) in [6.07, 6.45) is 0.642. The van der Waals surface area contributed by atoms with Crippen LogP contribution in [0.15, 0.2) is 36.4 Å². The van der Waals surface area contributed by atoms with Gasteiger partial charge in [0, 0.05) is 42.6 Å². The molecule has 2 aromatic rings. The summed E-state index contributed by atoms with van der Waals surface area (Å²) in [6, 6.07) is 7.57. The zero-order valence-electron chi connectivity index (χ0n) is 12.8. The summed E-state index contributed by atoms with van der Waals surface area (Å²) in [7, 11) is 0. The number of amides is 2. The minimum Gasteiger partial charge on any atom is -0.369 e. The number of hydrogen-bond acceptors (Lipinski definition) is 2. The van der Waals surface area contributed by atoms with Gasteiger partial charge in [-0.2, -0.15) is 0 Å². The molecule has 0 atom stereocenters. The number of nitrogens with one attached hydrogen (secondary N) is 2. The molecule has 2 amide bonds. The first-order valence-electron chi connectivity index (χ1n) is 7.57. The van der Waals surface area contributed by atoms with Crippen LogP contribution < -0.4 is 15.5 Å². The van der Waals surface area contributed by atoms with E-state index in [2.05, 4.69) is 10.6 Å². The summed E-state index contributed by atoms with van der Waals surface area (Å²) in [5, 5.41) is 5.06. The molecule has 0 aliphatic carbocycles. The summed E-state index contributed by atoms with van der Waals surface area (Å²) in [5.41, 5.74) is 1.71. The molecular weight excluding hydrogens is 319 g/mol. The van der Waals surface area contributed by atoms with Crippen LogP contribution in [0.3, 0.4) is 0 Å². The van der Waals surface area contributed by atoms with Crippen LogP contribution in [0.25, 0.3) is 0 Å². The van der Waals surface area contributed by atoms with Gasteiger partial charge in [-0.1, -0.05) is 6.07 Å². The maximum atomic E-state index is 13.7. The molecule has 2 N–H and O–H groups in total. The van der Waals surface area contributed by atoms with E-state index < -0.39 is 17.7 Å². The van der Waals surface area contributed by atoms with Crippen LogP contribution in [-0.4, -0.2) is 25.7 Å². The van der Waals surface area contributed by atoms with Crippen molar-refractivity contribution in [2.24, 2.45) is 0 Å². The summed E-state index contributed by atoms with van der Waals surface area (Å²) >= 11 is 0. The Labute approximate surface area is 137 Å². The number of urea groups is 1. The zero-order chi connectivity index (χ0) is 17.1. The van der Waals surface area contributed by atoms with Crippen LogP contribution in [0, 0.1) is 17.5 Å². The number of carbonyl (C=O) groups excluding carboxylic acids is 1. The van der Waals surface area contributed by atoms with Gasteiger partial charge in [-0.05, 0) is 30.7 Å². The molecule has 2 aromatic carbocycles. The first kappa shape index (κ1) is 16.2. The number of halogens is 3. The molecule has 1 aliphatic rings. The predicted molar refractivity (Wildman–Crippen MR) is 85.7 cm³/mol. The minimum atomic E-state index is -1.02. The third-order valence-electron chi connectivity index (χ3n) is 3.91. The summed E-state index contributed by atoms with van der Waals surface area (Å²) < 4.78 is 39.6. The van der Waals surface area contributed by atoms with Gasteiger partial charge in [-0.3, -0.25) is 0 Å². The maximum absolute atomic E-state index is 13.7. The van der Waals surface area contributed by atoms with Gasteiger partial charge in [0.2, 0.25) is 0 Å². The molecule has 24 heavy (non-hydrogen) atoms. The average Bonchev–Trinajstić information content (AvgIpc) is 2.96. The lowest BCUT2D eigenvalue weighted by molar-refractivity contribution is 0.252. The van der Waals surface area contributed by atoms with Crippen molar-refractivity contribution in [3.8, 4) is 0 Å². The highest BCUT2D eigenvalue weighted by Crippen LogP contribution is 2.29. The number of anilines is 2. The maximum Gasteiger partial charge on any atom is 0.319 e. The Kier molecular flexibility index (Phi) is 4.59. The average molecular weight is 335 g/mol. The molecule has 3 rings (SSSR count). The van der Waals surface area contributed by atoms with Gasteiger partial charge in [0.25, 0.3) is 0 Å². The van der Waals surface area contributed by atoms with Gasteiger partial charge in [0.05, 0.1) is 0 Å². The highest BCUT2D eigenvalue weighted by molar-refractivity contribution is 5.89. The number of nitrogens with zero attached hydrogens (tertiary/aromatic N) is 1. The topological polar surface area (TPSA) is 44.4 Å². The van der Waals surface area contributed by atoms with Gasteiger partial charge in [-0.25, -0.2) is 18.0 Å². The predicted octanol–water partition coefficient (Wildman–Crippen LogP) is 3.29. The fourth-order valence-electron chi connectivity index (χ4n) is 2.74. The van der Waals surface area contributed by atoms with E-state index in [1.54, 1.807) is 6.07 Å². The molecule has 0 saturated carbocycles. The van der Waals surface area contributed by atoms with Gasteiger partial charge in [-0.15, -0.1) is 0 Å². The lowest BCUT2D eigenvalue weighted by Gasteiger charge is -2.19. The molecule has 0 saturated heterocycles. The van der Waals surface area contributed by atoms with Crippen LogP contribution in [0.2, 0.25) is 0 Å². The Hall–Kier alpha value is -2.70. The molecule has 0 aromatic heterocycles. The lowest BCUT2D eigenvalue weighted by atomic mass is 10.1. The molecule has 0 radical (unpaired) electrons. The van der Waals surface area contributed by atoms with Crippen molar-refractivity contribution < 1.29 is 18.0 Å². The van der Waals surface area contributed by atoms with Crippen molar-refractivity contribution in [3.63, 3.8) is 0 Å². The van der Waals surface area contributed by atoms with E-state index in [0.29, 0.717) is 31.6 Å². The Balaban J connectivity index is 1.50. The fourth-order valence-corrected chi connectivity index (χ4v) is 2.74. The van der Waals surface area contributed by atoms with Crippen molar-refractivity contribution in [2.75, 3.05) is 29.9 Å². The van der Waals surface area contributed by atoms with E-state index in [1.807, 2.05) is 11.0 Å². The second-order valence-corrected chi connectivity index (χ2v) is 5.48. The smallest absolute Gasteiger partial charge is 0.319 e. The van der Waals surface area contributed by atoms with E-state index in [1.165, 1.54) is 12.1 Å². The SMILES string of the molecule is O=C(NCCN1CCc2c(F)cccc21)Nc1ccc(F)c(F)c1. The van der Waals surface area contributed by atoms with Crippen molar-refractivity contribution >= 4 is 17.4 Å². The van der Waals surface area contributed by atoms with E-state index in [-0.39, 0.29) is 11.5 Å². The van der Waals surface area contributed by atoms with Gasteiger partial charge >= 0.3 is 6.03 Å². The molecule has 4 nitrogen and oxygen atoms in total. The summed E-state index contributed by atoms with van der Waals surface area (Å²) in [6.45, 7) is 1.57. The second kappa shape index (κ2) is 6.82. The molecule has 0 bridgehead atoms. The molecule has 0 unspecified atom stereocenters. The first-order chi connectivity index (χ1) is 11.5. The van der Waals surface area contributed by atoms with E-state index in [0.717, 1.165) is 17.8 Å². The second-order valence-electron chi connectivity index (χ2n) is 5.48. The fraction of sp³-hybridized carbons (Fsp3) is 0.235. The summed E-state index contributed by atoms with van der Waals surface area (Å²) in [5.74, 6) is -2.21. The molecular formula is C17H16F3N3O. The molecule has 1 heterocycles. The Morgan fingerprint density at radius 2 is 1.92 bits per heavy atom. The van der Waals surface area contributed by atoms with E-state index >= 15 is 0 Å². The Bertz CT molecular complexity index is 767. The van der Waals surface area contributed by atoms with Crippen molar-refractivity contribution in [1.82, 2.24) is 5.32 Å². The van der Waals surface area contributed by atoms with Crippen LogP contribution in [0.4, 0.5) is 29.3 Å². The van der Waals surface area contributed by atoms with E-state index in [4.69, 9.17) is 0 Å². The van der Waals surface area contributed by atoms with Crippen LogP contribution in [0.5, 0.6) is 0 Å². The highest BCUT2D eigenvalue weighted by atomic mass is 19.2. The monoisotopic (exact) mass is 335 g/mol.